The van der Waals surface area contributed by atoms with Crippen LogP contribution in [0.4, 0.5) is 11.4 Å². The molecule has 0 aliphatic carbocycles. The summed E-state index contributed by atoms with van der Waals surface area (Å²) in [5, 5.41) is 13.6. The Labute approximate surface area is 111 Å². The summed E-state index contributed by atoms with van der Waals surface area (Å²) in [5.41, 5.74) is 0.972. The van der Waals surface area contributed by atoms with Gasteiger partial charge in [0.15, 0.2) is 6.54 Å². The Bertz CT molecular complexity index is 496. The Hall–Kier alpha value is -1.95. The third kappa shape index (κ3) is 3.29. The van der Waals surface area contributed by atoms with E-state index in [-0.39, 0.29) is 11.6 Å². The zero-order valence-corrected chi connectivity index (χ0v) is 10.9. The number of carbonyl (C=O) groups excluding carboxylic acids is 1. The highest BCUT2D eigenvalue weighted by Gasteiger charge is 2.22. The molecule has 19 heavy (non-hydrogen) atoms. The first-order chi connectivity index (χ1) is 9.08. The van der Waals surface area contributed by atoms with Crippen LogP contribution >= 0.6 is 0 Å². The number of nitro benzene ring substituents is 1. The van der Waals surface area contributed by atoms with Crippen LogP contribution in [0.2, 0.25) is 0 Å². The molecular weight excluding hydrogens is 246 g/mol. The summed E-state index contributed by atoms with van der Waals surface area (Å²) in [4.78, 5) is 23.7. The van der Waals surface area contributed by atoms with E-state index < -0.39 is 4.92 Å². The monoisotopic (exact) mass is 264 g/mol. The van der Waals surface area contributed by atoms with Gasteiger partial charge in [-0.1, -0.05) is 12.1 Å². The minimum Gasteiger partial charge on any atom is -0.327 e. The molecule has 0 saturated carbocycles. The van der Waals surface area contributed by atoms with Gasteiger partial charge in [-0.05, 0) is 12.5 Å². The van der Waals surface area contributed by atoms with Gasteiger partial charge >= 0.3 is 0 Å². The van der Waals surface area contributed by atoms with Crippen LogP contribution in [0.5, 0.6) is 0 Å². The van der Waals surface area contributed by atoms with E-state index in [1.165, 1.54) is 11.0 Å². The number of para-hydroxylation sites is 1. The van der Waals surface area contributed by atoms with Gasteiger partial charge in [-0.15, -0.1) is 0 Å². The fourth-order valence-corrected chi connectivity index (χ4v) is 2.43. The van der Waals surface area contributed by atoms with E-state index in [1.807, 2.05) is 0 Å². The number of hydrogen-bond acceptors (Lipinski definition) is 3. The van der Waals surface area contributed by atoms with Crippen molar-refractivity contribution in [2.45, 2.75) is 19.8 Å². The molecule has 1 amide bonds. The molecule has 0 spiro atoms. The fraction of sp³-hybridized carbons (Fsp3) is 0.462. The number of carbonyl (C=O) groups is 1. The van der Waals surface area contributed by atoms with Crippen molar-refractivity contribution in [3.63, 3.8) is 0 Å². The van der Waals surface area contributed by atoms with Crippen molar-refractivity contribution in [2.75, 3.05) is 25.0 Å². The highest BCUT2D eigenvalue weighted by Crippen LogP contribution is 2.27. The lowest BCUT2D eigenvalue weighted by Crippen LogP contribution is -3.11. The zero-order chi connectivity index (χ0) is 13.8. The van der Waals surface area contributed by atoms with Crippen molar-refractivity contribution in [1.29, 1.82) is 0 Å². The normalized spacial score (nSPS) is 15.4. The maximum absolute atomic E-state index is 11.9. The highest BCUT2D eigenvalue weighted by atomic mass is 16.6. The molecule has 0 unspecified atom stereocenters. The van der Waals surface area contributed by atoms with Gasteiger partial charge in [0.1, 0.15) is 5.69 Å². The average Bonchev–Trinajstić information content (AvgIpc) is 2.84. The van der Waals surface area contributed by atoms with Crippen LogP contribution in [0.3, 0.4) is 0 Å². The van der Waals surface area contributed by atoms with E-state index in [0.717, 1.165) is 25.9 Å². The van der Waals surface area contributed by atoms with Gasteiger partial charge in [0.05, 0.1) is 18.0 Å². The minimum atomic E-state index is -0.467. The van der Waals surface area contributed by atoms with Gasteiger partial charge in [0.25, 0.3) is 11.6 Å². The fourth-order valence-electron chi connectivity index (χ4n) is 2.43. The molecule has 2 rings (SSSR count). The summed E-state index contributed by atoms with van der Waals surface area (Å²) < 4.78 is 0. The molecule has 1 fully saturated rings. The maximum atomic E-state index is 11.9. The van der Waals surface area contributed by atoms with Crippen LogP contribution in [0, 0.1) is 17.0 Å². The van der Waals surface area contributed by atoms with Crippen molar-refractivity contribution in [1.82, 2.24) is 0 Å². The second-order valence-corrected chi connectivity index (χ2v) is 4.91. The third-order valence-corrected chi connectivity index (χ3v) is 3.43. The average molecular weight is 264 g/mol. The molecule has 6 nitrogen and oxygen atoms in total. The Balaban J connectivity index is 2.09. The lowest BCUT2D eigenvalue weighted by molar-refractivity contribution is -0.878. The van der Waals surface area contributed by atoms with E-state index in [9.17, 15) is 14.9 Å². The van der Waals surface area contributed by atoms with Crippen molar-refractivity contribution in [3.8, 4) is 0 Å². The molecule has 1 aromatic carbocycles. The Morgan fingerprint density at radius 3 is 2.74 bits per heavy atom. The summed E-state index contributed by atoms with van der Waals surface area (Å²) >= 11 is 0. The van der Waals surface area contributed by atoms with Gasteiger partial charge < -0.3 is 10.2 Å². The first-order valence-electron chi connectivity index (χ1n) is 6.45. The Morgan fingerprint density at radius 1 is 1.42 bits per heavy atom. The standard InChI is InChI=1S/C13H17N3O3/c1-10-5-4-6-11(16(18)19)13(10)14-12(17)9-15-7-2-3-8-15/h4-6H,2-3,7-9H2,1H3,(H,14,17)/p+1. The van der Waals surface area contributed by atoms with E-state index in [4.69, 9.17) is 0 Å². The van der Waals surface area contributed by atoms with Gasteiger partial charge in [-0.3, -0.25) is 14.9 Å². The smallest absolute Gasteiger partial charge is 0.293 e. The number of benzene rings is 1. The van der Waals surface area contributed by atoms with Crippen molar-refractivity contribution in [3.05, 3.63) is 33.9 Å². The van der Waals surface area contributed by atoms with E-state index >= 15 is 0 Å². The van der Waals surface area contributed by atoms with Gasteiger partial charge in [0.2, 0.25) is 0 Å². The number of anilines is 1. The molecule has 0 aromatic heterocycles. The van der Waals surface area contributed by atoms with Crippen molar-refractivity contribution < 1.29 is 14.6 Å². The lowest BCUT2D eigenvalue weighted by Gasteiger charge is -2.13. The molecular formula is C13H18N3O3+. The highest BCUT2D eigenvalue weighted by molar-refractivity contribution is 5.94. The number of rotatable bonds is 4. The first kappa shape index (κ1) is 13.5. The molecule has 6 heteroatoms. The number of nitrogens with zero attached hydrogens (tertiary/aromatic N) is 1. The molecule has 1 aromatic rings. The summed E-state index contributed by atoms with van der Waals surface area (Å²) in [6, 6.07) is 4.78. The topological polar surface area (TPSA) is 76.7 Å². The van der Waals surface area contributed by atoms with Crippen LogP contribution in [0.25, 0.3) is 0 Å². The van der Waals surface area contributed by atoms with Gasteiger partial charge in [-0.25, -0.2) is 0 Å². The summed E-state index contributed by atoms with van der Waals surface area (Å²) in [6.07, 6.45) is 2.29. The molecule has 102 valence electrons. The van der Waals surface area contributed by atoms with Crippen LogP contribution < -0.4 is 10.2 Å². The zero-order valence-electron chi connectivity index (χ0n) is 10.9. The van der Waals surface area contributed by atoms with Crippen LogP contribution in [0.1, 0.15) is 18.4 Å². The largest absolute Gasteiger partial charge is 0.327 e. The number of likely N-dealkylation sites (tertiary alicyclic amines) is 1. The van der Waals surface area contributed by atoms with Crippen LogP contribution in [0.15, 0.2) is 18.2 Å². The number of hydrogen-bond donors (Lipinski definition) is 2. The Morgan fingerprint density at radius 2 is 2.11 bits per heavy atom. The number of quaternary nitrogens is 1. The molecule has 0 atom stereocenters. The van der Waals surface area contributed by atoms with Gasteiger partial charge in [-0.2, -0.15) is 0 Å². The van der Waals surface area contributed by atoms with Gasteiger partial charge in [0, 0.05) is 18.9 Å². The van der Waals surface area contributed by atoms with Crippen molar-refractivity contribution in [2.24, 2.45) is 0 Å². The number of aryl methyl sites for hydroxylation is 1. The molecule has 2 N–H and O–H groups in total. The SMILES string of the molecule is Cc1cccc([N+](=O)[O-])c1NC(=O)C[NH+]1CCCC1. The predicted molar refractivity (Wildman–Crippen MR) is 71.3 cm³/mol. The van der Waals surface area contributed by atoms with Crippen LogP contribution in [-0.2, 0) is 4.79 Å². The minimum absolute atomic E-state index is 0.0511. The molecule has 1 aliphatic heterocycles. The Kier molecular flexibility index (Phi) is 4.11. The second kappa shape index (κ2) is 5.79. The van der Waals surface area contributed by atoms with E-state index in [2.05, 4.69) is 5.32 Å². The molecule has 1 aliphatic rings. The lowest BCUT2D eigenvalue weighted by atomic mass is 10.1. The van der Waals surface area contributed by atoms with E-state index in [1.54, 1.807) is 19.1 Å². The maximum Gasteiger partial charge on any atom is 0.293 e. The van der Waals surface area contributed by atoms with Crippen LogP contribution in [-0.4, -0.2) is 30.5 Å². The quantitative estimate of drug-likeness (QED) is 0.615. The summed E-state index contributed by atoms with van der Waals surface area (Å²) in [5.74, 6) is -0.158. The first-order valence-corrected chi connectivity index (χ1v) is 6.45. The molecule has 0 radical (unpaired) electrons. The van der Waals surface area contributed by atoms with Crippen molar-refractivity contribution >= 4 is 17.3 Å². The second-order valence-electron chi connectivity index (χ2n) is 4.91. The number of nitrogens with one attached hydrogen (secondary N) is 2. The molecule has 0 bridgehead atoms. The molecule has 1 saturated heterocycles. The van der Waals surface area contributed by atoms with E-state index in [0.29, 0.717) is 17.8 Å². The number of amides is 1. The predicted octanol–water partition coefficient (Wildman–Crippen LogP) is 0.520. The summed E-state index contributed by atoms with van der Waals surface area (Å²) in [6.45, 7) is 4.14. The third-order valence-electron chi connectivity index (χ3n) is 3.43. The number of nitro groups is 1. The molecule has 1 heterocycles. The summed E-state index contributed by atoms with van der Waals surface area (Å²) in [7, 11) is 0.